The lowest BCUT2D eigenvalue weighted by Crippen LogP contribution is -2.62. The molecule has 0 aliphatic carbocycles. The van der Waals surface area contributed by atoms with Crippen molar-refractivity contribution in [1.29, 1.82) is 0 Å². The predicted molar refractivity (Wildman–Crippen MR) is 100 cm³/mol. The molecule has 3 saturated heterocycles. The lowest BCUT2D eigenvalue weighted by atomic mass is 9.71. The Bertz CT molecular complexity index is 467. The van der Waals surface area contributed by atoms with E-state index in [1.807, 2.05) is 4.90 Å². The van der Waals surface area contributed by atoms with Crippen LogP contribution >= 0.6 is 0 Å². The number of rotatable bonds is 4. The Hall–Kier alpha value is -0.650. The van der Waals surface area contributed by atoms with Crippen LogP contribution in [0.15, 0.2) is 0 Å². The monoisotopic (exact) mass is 351 g/mol. The number of aliphatic hydroxyl groups is 1. The molecule has 3 fully saturated rings. The van der Waals surface area contributed by atoms with E-state index in [9.17, 15) is 9.90 Å². The van der Waals surface area contributed by atoms with Crippen molar-refractivity contribution in [2.24, 2.45) is 5.41 Å². The maximum Gasteiger partial charge on any atom is 0.225 e. The van der Waals surface area contributed by atoms with Gasteiger partial charge in [0.25, 0.3) is 0 Å². The number of likely N-dealkylation sites (tertiary alicyclic amines) is 3. The molecule has 1 amide bonds. The van der Waals surface area contributed by atoms with Crippen LogP contribution in [-0.2, 0) is 4.79 Å². The zero-order chi connectivity index (χ0) is 18.2. The molecule has 0 bridgehead atoms. The standard InChI is InChI=1S/C20H37N3O2/c1-16(2)21-11-7-20(25,8-12-21)13-18(24)22-9-5-19(6-10-22)14-23(15-19)17(3)4/h16-17,25H,5-15H2,1-4H3. The molecule has 0 saturated carbocycles. The van der Waals surface area contributed by atoms with Crippen molar-refractivity contribution in [1.82, 2.24) is 14.7 Å². The number of hydrogen-bond donors (Lipinski definition) is 1. The highest BCUT2D eigenvalue weighted by atomic mass is 16.3. The van der Waals surface area contributed by atoms with Crippen molar-refractivity contribution >= 4 is 5.91 Å². The number of piperidine rings is 2. The van der Waals surface area contributed by atoms with Crippen molar-refractivity contribution in [3.05, 3.63) is 0 Å². The molecular formula is C20H37N3O2. The molecule has 0 radical (unpaired) electrons. The van der Waals surface area contributed by atoms with Crippen LogP contribution in [0.2, 0.25) is 0 Å². The third-order valence-corrected chi connectivity index (χ3v) is 6.92. The van der Waals surface area contributed by atoms with E-state index in [1.54, 1.807) is 0 Å². The van der Waals surface area contributed by atoms with E-state index in [-0.39, 0.29) is 5.91 Å². The highest BCUT2D eigenvalue weighted by Gasteiger charge is 2.46. The summed E-state index contributed by atoms with van der Waals surface area (Å²) in [4.78, 5) is 19.6. The molecule has 0 aromatic carbocycles. The van der Waals surface area contributed by atoms with Crippen LogP contribution in [0, 0.1) is 5.41 Å². The number of carbonyl (C=O) groups excluding carboxylic acids is 1. The summed E-state index contributed by atoms with van der Waals surface area (Å²) >= 11 is 0. The van der Waals surface area contributed by atoms with Crippen molar-refractivity contribution in [3.8, 4) is 0 Å². The van der Waals surface area contributed by atoms with Gasteiger partial charge in [0.1, 0.15) is 0 Å². The van der Waals surface area contributed by atoms with Crippen molar-refractivity contribution in [2.75, 3.05) is 39.3 Å². The number of nitrogens with zero attached hydrogens (tertiary/aromatic N) is 3. The van der Waals surface area contributed by atoms with E-state index in [2.05, 4.69) is 37.5 Å². The highest BCUT2D eigenvalue weighted by molar-refractivity contribution is 5.77. The largest absolute Gasteiger partial charge is 0.389 e. The van der Waals surface area contributed by atoms with Crippen LogP contribution in [-0.4, -0.2) is 82.7 Å². The third-order valence-electron chi connectivity index (χ3n) is 6.92. The quantitative estimate of drug-likeness (QED) is 0.841. The van der Waals surface area contributed by atoms with Gasteiger partial charge in [0, 0.05) is 51.4 Å². The van der Waals surface area contributed by atoms with E-state index in [4.69, 9.17) is 0 Å². The van der Waals surface area contributed by atoms with Crippen LogP contribution in [0.25, 0.3) is 0 Å². The average molecular weight is 352 g/mol. The Morgan fingerprint density at radius 3 is 1.88 bits per heavy atom. The predicted octanol–water partition coefficient (Wildman–Crippen LogP) is 1.94. The molecule has 0 aromatic rings. The van der Waals surface area contributed by atoms with Gasteiger partial charge in [-0.15, -0.1) is 0 Å². The van der Waals surface area contributed by atoms with Crippen molar-refractivity contribution in [3.63, 3.8) is 0 Å². The van der Waals surface area contributed by atoms with Crippen LogP contribution < -0.4 is 0 Å². The molecule has 144 valence electrons. The van der Waals surface area contributed by atoms with Gasteiger partial charge < -0.3 is 14.9 Å². The zero-order valence-corrected chi connectivity index (χ0v) is 16.6. The molecule has 0 unspecified atom stereocenters. The fourth-order valence-electron chi connectivity index (χ4n) is 4.75. The summed E-state index contributed by atoms with van der Waals surface area (Å²) in [6, 6.07) is 1.16. The zero-order valence-electron chi connectivity index (χ0n) is 16.6. The summed E-state index contributed by atoms with van der Waals surface area (Å²) in [5.41, 5.74) is -0.330. The Morgan fingerprint density at radius 1 is 0.880 bits per heavy atom. The molecule has 1 spiro atoms. The van der Waals surface area contributed by atoms with E-state index in [0.717, 1.165) is 51.9 Å². The van der Waals surface area contributed by atoms with Crippen LogP contribution in [0.5, 0.6) is 0 Å². The third kappa shape index (κ3) is 4.20. The van der Waals surface area contributed by atoms with Crippen molar-refractivity contribution < 1.29 is 9.90 Å². The summed E-state index contributed by atoms with van der Waals surface area (Å²) < 4.78 is 0. The minimum absolute atomic E-state index is 0.162. The van der Waals surface area contributed by atoms with Gasteiger partial charge in [-0.25, -0.2) is 0 Å². The molecule has 0 atom stereocenters. The van der Waals surface area contributed by atoms with Gasteiger partial charge in [0.2, 0.25) is 5.91 Å². The fraction of sp³-hybridized carbons (Fsp3) is 0.950. The summed E-state index contributed by atoms with van der Waals surface area (Å²) in [5.74, 6) is 0.162. The van der Waals surface area contributed by atoms with E-state index in [0.29, 0.717) is 23.9 Å². The maximum absolute atomic E-state index is 12.7. The number of hydrogen-bond acceptors (Lipinski definition) is 4. The summed E-state index contributed by atoms with van der Waals surface area (Å²) in [6.45, 7) is 14.8. The van der Waals surface area contributed by atoms with E-state index >= 15 is 0 Å². The molecule has 0 aromatic heterocycles. The van der Waals surface area contributed by atoms with E-state index in [1.165, 1.54) is 13.1 Å². The van der Waals surface area contributed by atoms with Gasteiger partial charge in [0.15, 0.2) is 0 Å². The second-order valence-corrected chi connectivity index (χ2v) is 9.41. The summed E-state index contributed by atoms with van der Waals surface area (Å²) in [7, 11) is 0. The first-order valence-electron chi connectivity index (χ1n) is 10.2. The lowest BCUT2D eigenvalue weighted by Gasteiger charge is -2.55. The van der Waals surface area contributed by atoms with Gasteiger partial charge in [-0.2, -0.15) is 0 Å². The normalized spacial score (nSPS) is 27.1. The van der Waals surface area contributed by atoms with Gasteiger partial charge in [-0.3, -0.25) is 9.69 Å². The Labute approximate surface area is 153 Å². The number of carbonyl (C=O) groups is 1. The van der Waals surface area contributed by atoms with Crippen LogP contribution in [0.1, 0.15) is 59.8 Å². The highest BCUT2D eigenvalue weighted by Crippen LogP contribution is 2.41. The molecular weight excluding hydrogens is 314 g/mol. The van der Waals surface area contributed by atoms with Crippen LogP contribution in [0.4, 0.5) is 0 Å². The maximum atomic E-state index is 12.7. The second-order valence-electron chi connectivity index (χ2n) is 9.41. The molecule has 3 aliphatic heterocycles. The van der Waals surface area contributed by atoms with Crippen molar-refractivity contribution in [2.45, 2.75) is 77.5 Å². The van der Waals surface area contributed by atoms with Gasteiger partial charge in [0.05, 0.1) is 12.0 Å². The Balaban J connectivity index is 1.44. The molecule has 3 aliphatic rings. The first-order chi connectivity index (χ1) is 11.7. The topological polar surface area (TPSA) is 47.0 Å². The second kappa shape index (κ2) is 7.16. The van der Waals surface area contributed by atoms with E-state index < -0.39 is 5.60 Å². The van der Waals surface area contributed by atoms with Gasteiger partial charge in [-0.05, 0) is 58.8 Å². The number of amides is 1. The SMILES string of the molecule is CC(C)N1CCC(O)(CC(=O)N2CCC3(CC2)CN(C(C)C)C3)CC1. The lowest BCUT2D eigenvalue weighted by molar-refractivity contribution is -0.144. The molecule has 3 rings (SSSR count). The average Bonchev–Trinajstić information content (AvgIpc) is 2.52. The first-order valence-corrected chi connectivity index (χ1v) is 10.2. The smallest absolute Gasteiger partial charge is 0.225 e. The summed E-state index contributed by atoms with van der Waals surface area (Å²) in [6.07, 6.45) is 4.00. The minimum atomic E-state index is -0.789. The molecule has 1 N–H and O–H groups in total. The molecule has 5 nitrogen and oxygen atoms in total. The van der Waals surface area contributed by atoms with Crippen LogP contribution in [0.3, 0.4) is 0 Å². The minimum Gasteiger partial charge on any atom is -0.389 e. The molecule has 25 heavy (non-hydrogen) atoms. The Morgan fingerprint density at radius 2 is 1.40 bits per heavy atom. The van der Waals surface area contributed by atoms with Gasteiger partial charge in [-0.1, -0.05) is 0 Å². The van der Waals surface area contributed by atoms with Gasteiger partial charge >= 0.3 is 0 Å². The summed E-state index contributed by atoms with van der Waals surface area (Å²) in [5, 5.41) is 10.8. The molecule has 3 heterocycles. The first kappa shape index (κ1) is 19.1. The molecule has 5 heteroatoms. The fourth-order valence-corrected chi connectivity index (χ4v) is 4.75. The Kier molecular flexibility index (Phi) is 5.48.